The SMILES string of the molecule is CCc1ccc(OCC(=O)Nc2ccc3c(c2)N(CCOc2ccc(Cl)cc2)C(=O)CO3)cc1. The molecule has 2 amide bonds. The van der Waals surface area contributed by atoms with Gasteiger partial charge in [0.15, 0.2) is 13.2 Å². The van der Waals surface area contributed by atoms with Gasteiger partial charge in [-0.3, -0.25) is 9.59 Å². The molecule has 1 N–H and O–H groups in total. The molecule has 0 bridgehead atoms. The average Bonchev–Trinajstić information content (AvgIpc) is 2.85. The number of rotatable bonds is 9. The summed E-state index contributed by atoms with van der Waals surface area (Å²) in [4.78, 5) is 26.5. The van der Waals surface area contributed by atoms with Crippen molar-refractivity contribution in [2.75, 3.05) is 36.6 Å². The van der Waals surface area contributed by atoms with Crippen LogP contribution in [0, 0.1) is 0 Å². The molecule has 1 aliphatic heterocycles. The molecule has 1 aliphatic rings. The molecule has 1 heterocycles. The summed E-state index contributed by atoms with van der Waals surface area (Å²) in [6, 6.07) is 19.8. The zero-order chi connectivity index (χ0) is 23.9. The fourth-order valence-corrected chi connectivity index (χ4v) is 3.60. The Labute approximate surface area is 203 Å². The summed E-state index contributed by atoms with van der Waals surface area (Å²) >= 11 is 5.90. The number of aryl methyl sites for hydroxylation is 1. The van der Waals surface area contributed by atoms with Crippen LogP contribution in [0.5, 0.6) is 17.2 Å². The fourth-order valence-electron chi connectivity index (χ4n) is 3.48. The number of benzene rings is 3. The molecule has 176 valence electrons. The van der Waals surface area contributed by atoms with Gasteiger partial charge in [-0.2, -0.15) is 0 Å². The molecule has 8 heteroatoms. The van der Waals surface area contributed by atoms with E-state index in [1.54, 1.807) is 47.4 Å². The highest BCUT2D eigenvalue weighted by atomic mass is 35.5. The second kappa shape index (κ2) is 10.9. The maximum atomic E-state index is 12.5. The Balaban J connectivity index is 1.36. The first-order valence-corrected chi connectivity index (χ1v) is 11.4. The summed E-state index contributed by atoms with van der Waals surface area (Å²) in [5.74, 6) is 1.37. The van der Waals surface area contributed by atoms with Crippen molar-refractivity contribution in [2.24, 2.45) is 0 Å². The van der Waals surface area contributed by atoms with Crippen molar-refractivity contribution in [2.45, 2.75) is 13.3 Å². The van der Waals surface area contributed by atoms with Gasteiger partial charge in [-0.05, 0) is 66.6 Å². The first-order chi connectivity index (χ1) is 16.5. The van der Waals surface area contributed by atoms with E-state index in [9.17, 15) is 9.59 Å². The van der Waals surface area contributed by atoms with Crippen LogP contribution < -0.4 is 24.4 Å². The monoisotopic (exact) mass is 480 g/mol. The Kier molecular flexibility index (Phi) is 7.54. The summed E-state index contributed by atoms with van der Waals surface area (Å²) in [5.41, 5.74) is 2.31. The molecular weight excluding hydrogens is 456 g/mol. The summed E-state index contributed by atoms with van der Waals surface area (Å²) in [7, 11) is 0. The lowest BCUT2D eigenvalue weighted by molar-refractivity contribution is -0.121. The number of amides is 2. The molecule has 3 aromatic carbocycles. The highest BCUT2D eigenvalue weighted by Crippen LogP contribution is 2.34. The Morgan fingerprint density at radius 2 is 1.74 bits per heavy atom. The van der Waals surface area contributed by atoms with Gasteiger partial charge in [0.1, 0.15) is 23.9 Å². The lowest BCUT2D eigenvalue weighted by Crippen LogP contribution is -2.41. The average molecular weight is 481 g/mol. The van der Waals surface area contributed by atoms with Gasteiger partial charge in [-0.1, -0.05) is 30.7 Å². The third kappa shape index (κ3) is 5.99. The standard InChI is InChI=1S/C26H25ClN2O5/c1-2-18-3-8-22(9-4-18)33-16-25(30)28-20-7-12-24-23(15-20)29(26(31)17-34-24)13-14-32-21-10-5-19(27)6-11-21/h3-12,15H,2,13-14,16-17H2,1H3,(H,28,30). The van der Waals surface area contributed by atoms with Crippen molar-refractivity contribution >= 4 is 34.8 Å². The molecule has 0 saturated carbocycles. The van der Waals surface area contributed by atoms with Crippen molar-refractivity contribution in [1.29, 1.82) is 0 Å². The highest BCUT2D eigenvalue weighted by Gasteiger charge is 2.26. The number of halogens is 1. The van der Waals surface area contributed by atoms with Gasteiger partial charge in [0.05, 0.1) is 12.2 Å². The van der Waals surface area contributed by atoms with E-state index in [0.717, 1.165) is 6.42 Å². The predicted molar refractivity (Wildman–Crippen MR) is 131 cm³/mol. The van der Waals surface area contributed by atoms with Gasteiger partial charge in [0, 0.05) is 10.7 Å². The molecular formula is C26H25ClN2O5. The molecule has 0 unspecified atom stereocenters. The maximum Gasteiger partial charge on any atom is 0.265 e. The second-order valence-electron chi connectivity index (χ2n) is 7.65. The van der Waals surface area contributed by atoms with E-state index in [1.165, 1.54) is 5.56 Å². The Bertz CT molecular complexity index is 1150. The quantitative estimate of drug-likeness (QED) is 0.479. The largest absolute Gasteiger partial charge is 0.492 e. The number of carbonyl (C=O) groups is 2. The fraction of sp³-hybridized carbons (Fsp3) is 0.231. The molecule has 3 aromatic rings. The summed E-state index contributed by atoms with van der Waals surface area (Å²) in [6.07, 6.45) is 0.940. The number of hydrogen-bond donors (Lipinski definition) is 1. The van der Waals surface area contributed by atoms with E-state index < -0.39 is 0 Å². The van der Waals surface area contributed by atoms with Crippen LogP contribution in [0.4, 0.5) is 11.4 Å². The van der Waals surface area contributed by atoms with Gasteiger partial charge in [-0.15, -0.1) is 0 Å². The number of nitrogens with one attached hydrogen (secondary N) is 1. The second-order valence-corrected chi connectivity index (χ2v) is 8.09. The zero-order valence-corrected chi connectivity index (χ0v) is 19.5. The van der Waals surface area contributed by atoms with Gasteiger partial charge >= 0.3 is 0 Å². The van der Waals surface area contributed by atoms with Crippen molar-refractivity contribution < 1.29 is 23.8 Å². The van der Waals surface area contributed by atoms with Crippen LogP contribution in [0.25, 0.3) is 0 Å². The molecule has 34 heavy (non-hydrogen) atoms. The highest BCUT2D eigenvalue weighted by molar-refractivity contribution is 6.30. The summed E-state index contributed by atoms with van der Waals surface area (Å²) in [6.45, 7) is 2.51. The third-order valence-corrected chi connectivity index (χ3v) is 5.54. The number of nitrogens with zero attached hydrogens (tertiary/aromatic N) is 1. The normalized spacial score (nSPS) is 12.5. The van der Waals surface area contributed by atoms with E-state index in [0.29, 0.717) is 40.2 Å². The van der Waals surface area contributed by atoms with Gasteiger partial charge < -0.3 is 24.4 Å². The van der Waals surface area contributed by atoms with Crippen molar-refractivity contribution in [1.82, 2.24) is 0 Å². The minimum atomic E-state index is -0.305. The van der Waals surface area contributed by atoms with E-state index in [-0.39, 0.29) is 31.6 Å². The van der Waals surface area contributed by atoms with Crippen LogP contribution in [0.15, 0.2) is 66.7 Å². The minimum absolute atomic E-state index is 0.0513. The molecule has 0 fully saturated rings. The molecule has 7 nitrogen and oxygen atoms in total. The summed E-state index contributed by atoms with van der Waals surface area (Å²) in [5, 5.41) is 3.43. The molecule has 0 spiro atoms. The Hall–Kier alpha value is -3.71. The third-order valence-electron chi connectivity index (χ3n) is 5.28. The molecule has 0 saturated heterocycles. The van der Waals surface area contributed by atoms with Crippen molar-refractivity contribution in [3.63, 3.8) is 0 Å². The van der Waals surface area contributed by atoms with Crippen LogP contribution in [0.1, 0.15) is 12.5 Å². The molecule has 0 atom stereocenters. The first kappa shape index (κ1) is 23.4. The molecule has 0 aliphatic carbocycles. The van der Waals surface area contributed by atoms with Gasteiger partial charge in [0.25, 0.3) is 11.8 Å². The predicted octanol–water partition coefficient (Wildman–Crippen LogP) is 4.72. The number of anilines is 2. The molecule has 4 rings (SSSR count). The van der Waals surface area contributed by atoms with Crippen LogP contribution in [0.2, 0.25) is 5.02 Å². The topological polar surface area (TPSA) is 77.1 Å². The lowest BCUT2D eigenvalue weighted by atomic mass is 10.2. The van der Waals surface area contributed by atoms with Crippen LogP contribution in [-0.2, 0) is 16.0 Å². The Morgan fingerprint density at radius 1 is 1.03 bits per heavy atom. The van der Waals surface area contributed by atoms with Gasteiger partial charge in [0.2, 0.25) is 0 Å². The van der Waals surface area contributed by atoms with Crippen molar-refractivity contribution in [3.8, 4) is 17.2 Å². The van der Waals surface area contributed by atoms with Crippen LogP contribution in [-0.4, -0.2) is 38.2 Å². The minimum Gasteiger partial charge on any atom is -0.492 e. The maximum absolute atomic E-state index is 12.5. The smallest absolute Gasteiger partial charge is 0.265 e. The Morgan fingerprint density at radius 3 is 2.47 bits per heavy atom. The number of carbonyl (C=O) groups excluding carboxylic acids is 2. The van der Waals surface area contributed by atoms with E-state index in [1.807, 2.05) is 24.3 Å². The van der Waals surface area contributed by atoms with Crippen LogP contribution in [0.3, 0.4) is 0 Å². The number of hydrogen-bond acceptors (Lipinski definition) is 5. The van der Waals surface area contributed by atoms with E-state index in [2.05, 4.69) is 12.2 Å². The molecule has 0 radical (unpaired) electrons. The zero-order valence-electron chi connectivity index (χ0n) is 18.8. The van der Waals surface area contributed by atoms with E-state index in [4.69, 9.17) is 25.8 Å². The van der Waals surface area contributed by atoms with Crippen LogP contribution >= 0.6 is 11.6 Å². The lowest BCUT2D eigenvalue weighted by Gasteiger charge is -2.29. The summed E-state index contributed by atoms with van der Waals surface area (Å²) < 4.78 is 16.8. The van der Waals surface area contributed by atoms with Gasteiger partial charge in [-0.25, -0.2) is 0 Å². The molecule has 0 aromatic heterocycles. The first-order valence-electron chi connectivity index (χ1n) is 11.0. The number of ether oxygens (including phenoxy) is 3. The van der Waals surface area contributed by atoms with Crippen molar-refractivity contribution in [3.05, 3.63) is 77.3 Å². The number of fused-ring (bicyclic) bond motifs is 1. The van der Waals surface area contributed by atoms with E-state index >= 15 is 0 Å².